The second-order valence-corrected chi connectivity index (χ2v) is 6.18. The molecule has 1 aromatic carbocycles. The molecule has 0 bridgehead atoms. The van der Waals surface area contributed by atoms with Crippen LogP contribution < -0.4 is 5.56 Å². The third kappa shape index (κ3) is 2.58. The third-order valence-electron chi connectivity index (χ3n) is 3.86. The van der Waals surface area contributed by atoms with Crippen LogP contribution in [-0.4, -0.2) is 38.7 Å². The molecule has 1 amide bonds. The van der Waals surface area contributed by atoms with Gasteiger partial charge in [-0.15, -0.1) is 0 Å². The highest BCUT2D eigenvalue weighted by molar-refractivity contribution is 9.10. The largest absolute Gasteiger partial charge is 0.465 e. The van der Waals surface area contributed by atoms with E-state index in [-0.39, 0.29) is 23.5 Å². The van der Waals surface area contributed by atoms with Gasteiger partial charge in [-0.1, -0.05) is 15.9 Å². The summed E-state index contributed by atoms with van der Waals surface area (Å²) in [5.74, 6) is -0.637. The van der Waals surface area contributed by atoms with Crippen LogP contribution in [0.15, 0.2) is 27.7 Å². The first-order valence-electron chi connectivity index (χ1n) is 6.81. The van der Waals surface area contributed by atoms with Crippen LogP contribution >= 0.6 is 15.9 Å². The van der Waals surface area contributed by atoms with Crippen LogP contribution in [0.5, 0.6) is 0 Å². The zero-order chi connectivity index (χ0) is 15.9. The molecule has 1 N–H and O–H groups in total. The Morgan fingerprint density at radius 1 is 1.45 bits per heavy atom. The standard InChI is InChI=1S/C14H13BrFN3O3/c15-8-4-10(16)12-11(5-8)17-7-19(13(12)20)9-2-1-3-18(6-9)14(21)22/h4-5,7,9H,1-3,6H2,(H,21,22). The van der Waals surface area contributed by atoms with Gasteiger partial charge in [0, 0.05) is 17.6 Å². The monoisotopic (exact) mass is 369 g/mol. The molecule has 1 atom stereocenters. The molecule has 3 rings (SSSR count). The Balaban J connectivity index is 2.07. The van der Waals surface area contributed by atoms with Crippen molar-refractivity contribution in [3.63, 3.8) is 0 Å². The number of carbonyl (C=O) groups is 1. The number of rotatable bonds is 1. The minimum absolute atomic E-state index is 0.0712. The van der Waals surface area contributed by atoms with Crippen LogP contribution in [0.2, 0.25) is 0 Å². The van der Waals surface area contributed by atoms with E-state index in [1.54, 1.807) is 6.07 Å². The van der Waals surface area contributed by atoms with E-state index in [0.29, 0.717) is 23.9 Å². The predicted molar refractivity (Wildman–Crippen MR) is 81.5 cm³/mol. The maximum atomic E-state index is 14.1. The average molecular weight is 370 g/mol. The fourth-order valence-electron chi connectivity index (χ4n) is 2.80. The van der Waals surface area contributed by atoms with E-state index in [2.05, 4.69) is 20.9 Å². The van der Waals surface area contributed by atoms with Gasteiger partial charge in [-0.25, -0.2) is 14.2 Å². The lowest BCUT2D eigenvalue weighted by atomic mass is 10.1. The van der Waals surface area contributed by atoms with Gasteiger partial charge in [0.15, 0.2) is 0 Å². The first kappa shape index (κ1) is 15.0. The molecule has 1 saturated heterocycles. The Kier molecular flexibility index (Phi) is 3.86. The Morgan fingerprint density at radius 3 is 2.95 bits per heavy atom. The molecule has 1 aromatic heterocycles. The minimum atomic E-state index is -1.01. The van der Waals surface area contributed by atoms with E-state index in [1.165, 1.54) is 21.9 Å². The van der Waals surface area contributed by atoms with Crippen molar-refractivity contribution < 1.29 is 14.3 Å². The Bertz CT molecular complexity index is 808. The van der Waals surface area contributed by atoms with Crippen molar-refractivity contribution in [3.05, 3.63) is 39.1 Å². The van der Waals surface area contributed by atoms with Crippen LogP contribution in [0.25, 0.3) is 10.9 Å². The van der Waals surface area contributed by atoms with Gasteiger partial charge in [0.2, 0.25) is 0 Å². The van der Waals surface area contributed by atoms with Crippen LogP contribution in [-0.2, 0) is 0 Å². The van der Waals surface area contributed by atoms with Gasteiger partial charge in [-0.3, -0.25) is 9.36 Å². The second kappa shape index (κ2) is 5.68. The molecule has 6 nitrogen and oxygen atoms in total. The molecule has 22 heavy (non-hydrogen) atoms. The number of fused-ring (bicyclic) bond motifs is 1. The van der Waals surface area contributed by atoms with Gasteiger partial charge in [0.25, 0.3) is 5.56 Å². The number of aromatic nitrogens is 2. The number of carboxylic acid groups (broad SMARTS) is 1. The highest BCUT2D eigenvalue weighted by Gasteiger charge is 2.26. The third-order valence-corrected chi connectivity index (χ3v) is 4.32. The van der Waals surface area contributed by atoms with E-state index in [4.69, 9.17) is 5.11 Å². The van der Waals surface area contributed by atoms with Crippen molar-refractivity contribution >= 4 is 32.9 Å². The number of halogens is 2. The fourth-order valence-corrected chi connectivity index (χ4v) is 3.21. The first-order valence-corrected chi connectivity index (χ1v) is 7.60. The normalized spacial score (nSPS) is 18.6. The smallest absolute Gasteiger partial charge is 0.407 e. The molecule has 2 aromatic rings. The maximum Gasteiger partial charge on any atom is 0.407 e. The second-order valence-electron chi connectivity index (χ2n) is 5.26. The summed E-state index contributed by atoms with van der Waals surface area (Å²) in [6.45, 7) is 0.656. The summed E-state index contributed by atoms with van der Waals surface area (Å²) in [5.41, 5.74) is -0.203. The van der Waals surface area contributed by atoms with Crippen molar-refractivity contribution in [3.8, 4) is 0 Å². The Hall–Kier alpha value is -1.96. The van der Waals surface area contributed by atoms with Crippen LogP contribution in [0, 0.1) is 5.82 Å². The lowest BCUT2D eigenvalue weighted by molar-refractivity contribution is 0.121. The lowest BCUT2D eigenvalue weighted by Gasteiger charge is -2.31. The van der Waals surface area contributed by atoms with E-state index < -0.39 is 17.5 Å². The summed E-state index contributed by atoms with van der Waals surface area (Å²) in [6, 6.07) is 2.48. The zero-order valence-corrected chi connectivity index (χ0v) is 13.1. The zero-order valence-electron chi connectivity index (χ0n) is 11.5. The van der Waals surface area contributed by atoms with Crippen LogP contribution in [0.1, 0.15) is 18.9 Å². The molecule has 0 saturated carbocycles. The molecule has 0 aliphatic carbocycles. The Morgan fingerprint density at radius 2 is 2.23 bits per heavy atom. The Labute approximate surface area is 133 Å². The quantitative estimate of drug-likeness (QED) is 0.838. The molecule has 8 heteroatoms. The number of hydrogen-bond acceptors (Lipinski definition) is 3. The summed E-state index contributed by atoms with van der Waals surface area (Å²) in [4.78, 5) is 29.0. The SMILES string of the molecule is O=C(O)N1CCCC(n2cnc3cc(Br)cc(F)c3c2=O)C1. The number of benzene rings is 1. The first-order chi connectivity index (χ1) is 10.5. The molecule has 2 heterocycles. The topological polar surface area (TPSA) is 75.4 Å². The van der Waals surface area contributed by atoms with Gasteiger partial charge >= 0.3 is 6.09 Å². The molecule has 0 spiro atoms. The summed E-state index contributed by atoms with van der Waals surface area (Å²) >= 11 is 3.17. The van der Waals surface area contributed by atoms with Crippen molar-refractivity contribution in [2.45, 2.75) is 18.9 Å². The van der Waals surface area contributed by atoms with Gasteiger partial charge in [0.1, 0.15) is 11.2 Å². The van der Waals surface area contributed by atoms with Crippen LogP contribution in [0.4, 0.5) is 9.18 Å². The number of hydrogen-bond donors (Lipinski definition) is 1. The molecule has 1 aliphatic heterocycles. The van der Waals surface area contributed by atoms with Gasteiger partial charge in [-0.05, 0) is 25.0 Å². The molecule has 116 valence electrons. The molecular weight excluding hydrogens is 357 g/mol. The fraction of sp³-hybridized carbons (Fsp3) is 0.357. The van der Waals surface area contributed by atoms with Crippen molar-refractivity contribution in [1.29, 1.82) is 0 Å². The van der Waals surface area contributed by atoms with Crippen molar-refractivity contribution in [2.24, 2.45) is 0 Å². The lowest BCUT2D eigenvalue weighted by Crippen LogP contribution is -2.42. The summed E-state index contributed by atoms with van der Waals surface area (Å²) in [7, 11) is 0. The van der Waals surface area contributed by atoms with Crippen molar-refractivity contribution in [2.75, 3.05) is 13.1 Å². The number of likely N-dealkylation sites (tertiary alicyclic amines) is 1. The average Bonchev–Trinajstić information content (AvgIpc) is 2.46. The summed E-state index contributed by atoms with van der Waals surface area (Å²) in [5, 5.41) is 9.01. The summed E-state index contributed by atoms with van der Waals surface area (Å²) < 4.78 is 15.9. The predicted octanol–water partition coefficient (Wildman–Crippen LogP) is 2.61. The highest BCUT2D eigenvalue weighted by Crippen LogP contribution is 2.23. The van der Waals surface area contributed by atoms with Gasteiger partial charge in [-0.2, -0.15) is 0 Å². The van der Waals surface area contributed by atoms with Crippen molar-refractivity contribution in [1.82, 2.24) is 14.5 Å². The highest BCUT2D eigenvalue weighted by atomic mass is 79.9. The minimum Gasteiger partial charge on any atom is -0.465 e. The van der Waals surface area contributed by atoms with E-state index >= 15 is 0 Å². The molecule has 1 unspecified atom stereocenters. The number of amides is 1. The van der Waals surface area contributed by atoms with Gasteiger partial charge < -0.3 is 10.0 Å². The summed E-state index contributed by atoms with van der Waals surface area (Å²) in [6.07, 6.45) is 1.67. The molecule has 1 fully saturated rings. The van der Waals surface area contributed by atoms with E-state index in [1.807, 2.05) is 0 Å². The van der Waals surface area contributed by atoms with E-state index in [0.717, 1.165) is 0 Å². The maximum absolute atomic E-state index is 14.1. The van der Waals surface area contributed by atoms with Gasteiger partial charge in [0.05, 0.1) is 17.9 Å². The number of nitrogens with zero attached hydrogens (tertiary/aromatic N) is 3. The van der Waals surface area contributed by atoms with Crippen LogP contribution in [0.3, 0.4) is 0 Å². The molecule has 1 aliphatic rings. The molecular formula is C14H13BrFN3O3. The number of piperidine rings is 1. The van der Waals surface area contributed by atoms with E-state index in [9.17, 15) is 14.0 Å². The molecule has 0 radical (unpaired) electrons.